The molecule has 0 spiro atoms. The highest BCUT2D eigenvalue weighted by Gasteiger charge is 2.37. The van der Waals surface area contributed by atoms with Crippen LogP contribution in [0.1, 0.15) is 20.7 Å². The first kappa shape index (κ1) is 20.4. The van der Waals surface area contributed by atoms with Crippen molar-refractivity contribution >= 4 is 29.2 Å². The number of carbonyl (C=O) groups is 3. The third kappa shape index (κ3) is 3.77. The molecular weight excluding hydrogens is 412 g/mol. The summed E-state index contributed by atoms with van der Waals surface area (Å²) in [6.07, 6.45) is 1.76. The van der Waals surface area contributed by atoms with Gasteiger partial charge in [0, 0.05) is 45.3 Å². The van der Waals surface area contributed by atoms with Crippen molar-refractivity contribution < 1.29 is 19.1 Å². The van der Waals surface area contributed by atoms with E-state index in [-0.39, 0.29) is 12.5 Å². The summed E-state index contributed by atoms with van der Waals surface area (Å²) in [7, 11) is 0. The van der Waals surface area contributed by atoms with E-state index in [2.05, 4.69) is 20.0 Å². The number of carbonyl (C=O) groups excluding carboxylic acids is 3. The fourth-order valence-corrected chi connectivity index (χ4v) is 4.30. The number of aromatic nitrogens is 2. The Labute approximate surface area is 185 Å². The second-order valence-electron chi connectivity index (χ2n) is 7.98. The zero-order valence-corrected chi connectivity index (χ0v) is 17.6. The SMILES string of the molecule is O=C(CN1C(=O)c2ccccc2C1=O)N1CCN(c2cc(N3CCOCC3)cnn2)CC1. The van der Waals surface area contributed by atoms with Gasteiger partial charge in [0.1, 0.15) is 6.54 Å². The first-order valence-corrected chi connectivity index (χ1v) is 10.8. The smallest absolute Gasteiger partial charge is 0.262 e. The highest BCUT2D eigenvalue weighted by Crippen LogP contribution is 2.23. The Morgan fingerprint density at radius 2 is 1.56 bits per heavy atom. The molecule has 3 amide bonds. The number of rotatable bonds is 4. The highest BCUT2D eigenvalue weighted by molar-refractivity contribution is 6.22. The molecule has 5 rings (SSSR count). The summed E-state index contributed by atoms with van der Waals surface area (Å²) in [6, 6.07) is 8.68. The molecule has 4 heterocycles. The predicted octanol–water partition coefficient (Wildman–Crippen LogP) is 0.258. The van der Waals surface area contributed by atoms with Gasteiger partial charge in [0.15, 0.2) is 5.82 Å². The van der Waals surface area contributed by atoms with Crippen molar-refractivity contribution in [3.63, 3.8) is 0 Å². The Bertz CT molecular complexity index is 1010. The molecule has 32 heavy (non-hydrogen) atoms. The van der Waals surface area contributed by atoms with Crippen LogP contribution < -0.4 is 9.80 Å². The lowest BCUT2D eigenvalue weighted by Crippen LogP contribution is -2.52. The van der Waals surface area contributed by atoms with E-state index >= 15 is 0 Å². The van der Waals surface area contributed by atoms with Crippen molar-refractivity contribution in [1.82, 2.24) is 20.0 Å². The van der Waals surface area contributed by atoms with Crippen LogP contribution in [0.25, 0.3) is 0 Å². The maximum absolute atomic E-state index is 12.8. The van der Waals surface area contributed by atoms with E-state index in [0.717, 1.165) is 29.5 Å². The molecular formula is C22H24N6O4. The number of morpholine rings is 1. The quantitative estimate of drug-likeness (QED) is 0.630. The van der Waals surface area contributed by atoms with E-state index in [1.165, 1.54) is 0 Å². The van der Waals surface area contributed by atoms with Gasteiger partial charge in [-0.25, -0.2) is 0 Å². The number of imide groups is 1. The number of hydrogen-bond donors (Lipinski definition) is 0. The van der Waals surface area contributed by atoms with E-state index in [0.29, 0.717) is 50.5 Å². The lowest BCUT2D eigenvalue weighted by atomic mass is 10.1. The van der Waals surface area contributed by atoms with E-state index in [1.807, 2.05) is 6.07 Å². The Balaban J connectivity index is 1.19. The summed E-state index contributed by atoms with van der Waals surface area (Å²) in [6.45, 7) is 5.01. The zero-order chi connectivity index (χ0) is 22.1. The van der Waals surface area contributed by atoms with Crippen molar-refractivity contribution in [2.24, 2.45) is 0 Å². The lowest BCUT2D eigenvalue weighted by Gasteiger charge is -2.36. The van der Waals surface area contributed by atoms with Crippen molar-refractivity contribution in [2.45, 2.75) is 0 Å². The predicted molar refractivity (Wildman–Crippen MR) is 116 cm³/mol. The van der Waals surface area contributed by atoms with Crippen molar-refractivity contribution in [3.8, 4) is 0 Å². The van der Waals surface area contributed by atoms with Crippen LogP contribution in [0.4, 0.5) is 11.5 Å². The van der Waals surface area contributed by atoms with E-state index < -0.39 is 11.8 Å². The van der Waals surface area contributed by atoms with Gasteiger partial charge in [-0.3, -0.25) is 19.3 Å². The molecule has 2 aromatic rings. The van der Waals surface area contributed by atoms with Gasteiger partial charge in [0.2, 0.25) is 5.91 Å². The van der Waals surface area contributed by atoms with Gasteiger partial charge in [0.05, 0.1) is 36.2 Å². The molecule has 166 valence electrons. The van der Waals surface area contributed by atoms with Crippen LogP contribution in [-0.2, 0) is 9.53 Å². The van der Waals surface area contributed by atoms with Crippen LogP contribution in [0.3, 0.4) is 0 Å². The molecule has 0 bridgehead atoms. The first-order chi connectivity index (χ1) is 15.6. The minimum absolute atomic E-state index is 0.229. The Hall–Kier alpha value is -3.53. The molecule has 10 heteroatoms. The van der Waals surface area contributed by atoms with E-state index in [1.54, 1.807) is 35.4 Å². The third-order valence-corrected chi connectivity index (χ3v) is 6.13. The number of fused-ring (bicyclic) bond motifs is 1. The van der Waals surface area contributed by atoms with Gasteiger partial charge in [-0.2, -0.15) is 5.10 Å². The highest BCUT2D eigenvalue weighted by atomic mass is 16.5. The summed E-state index contributed by atoms with van der Waals surface area (Å²) in [5, 5.41) is 8.43. The Morgan fingerprint density at radius 1 is 0.906 bits per heavy atom. The zero-order valence-electron chi connectivity index (χ0n) is 17.6. The molecule has 1 aromatic carbocycles. The Morgan fingerprint density at radius 3 is 2.22 bits per heavy atom. The fraction of sp³-hybridized carbons (Fsp3) is 0.409. The second-order valence-corrected chi connectivity index (χ2v) is 7.98. The average Bonchev–Trinajstić information content (AvgIpc) is 3.10. The van der Waals surface area contributed by atoms with Crippen molar-refractivity contribution in [2.75, 3.05) is 68.8 Å². The maximum Gasteiger partial charge on any atom is 0.262 e. The molecule has 2 fully saturated rings. The summed E-state index contributed by atoms with van der Waals surface area (Å²) < 4.78 is 5.41. The second kappa shape index (κ2) is 8.54. The number of nitrogens with zero attached hydrogens (tertiary/aromatic N) is 6. The number of benzene rings is 1. The molecule has 0 saturated carbocycles. The first-order valence-electron chi connectivity index (χ1n) is 10.8. The third-order valence-electron chi connectivity index (χ3n) is 6.13. The number of hydrogen-bond acceptors (Lipinski definition) is 8. The fourth-order valence-electron chi connectivity index (χ4n) is 4.30. The number of amides is 3. The molecule has 0 aliphatic carbocycles. The van der Waals surface area contributed by atoms with Crippen LogP contribution in [0, 0.1) is 0 Å². The van der Waals surface area contributed by atoms with Crippen molar-refractivity contribution in [1.29, 1.82) is 0 Å². The summed E-state index contributed by atoms with van der Waals surface area (Å²) >= 11 is 0. The molecule has 3 aliphatic rings. The monoisotopic (exact) mass is 436 g/mol. The van der Waals surface area contributed by atoms with Crippen LogP contribution in [-0.4, -0.2) is 96.7 Å². The molecule has 0 radical (unpaired) electrons. The summed E-state index contributed by atoms with van der Waals surface area (Å²) in [5.41, 5.74) is 1.73. The number of anilines is 2. The lowest BCUT2D eigenvalue weighted by molar-refractivity contribution is -0.131. The average molecular weight is 436 g/mol. The molecule has 0 unspecified atom stereocenters. The van der Waals surface area contributed by atoms with E-state index in [4.69, 9.17) is 4.74 Å². The van der Waals surface area contributed by atoms with Gasteiger partial charge in [-0.1, -0.05) is 12.1 Å². The van der Waals surface area contributed by atoms with Gasteiger partial charge in [-0.15, -0.1) is 5.10 Å². The number of piperazine rings is 1. The van der Waals surface area contributed by atoms with Gasteiger partial charge in [-0.05, 0) is 12.1 Å². The molecule has 2 saturated heterocycles. The largest absolute Gasteiger partial charge is 0.378 e. The van der Waals surface area contributed by atoms with Gasteiger partial charge in [0.25, 0.3) is 11.8 Å². The summed E-state index contributed by atoms with van der Waals surface area (Å²) in [5.74, 6) is -0.269. The van der Waals surface area contributed by atoms with E-state index in [9.17, 15) is 14.4 Å². The topological polar surface area (TPSA) is 99.2 Å². The molecule has 10 nitrogen and oxygen atoms in total. The molecule has 0 N–H and O–H groups in total. The van der Waals surface area contributed by atoms with Crippen LogP contribution in [0.2, 0.25) is 0 Å². The molecule has 3 aliphatic heterocycles. The van der Waals surface area contributed by atoms with Crippen molar-refractivity contribution in [3.05, 3.63) is 47.7 Å². The van der Waals surface area contributed by atoms with Gasteiger partial charge < -0.3 is 19.4 Å². The van der Waals surface area contributed by atoms with Crippen LogP contribution >= 0.6 is 0 Å². The summed E-state index contributed by atoms with van der Waals surface area (Å²) in [4.78, 5) is 44.9. The molecule has 1 aromatic heterocycles. The minimum Gasteiger partial charge on any atom is -0.378 e. The number of ether oxygens (including phenoxy) is 1. The Kier molecular flexibility index (Phi) is 5.44. The molecule has 0 atom stereocenters. The standard InChI is InChI=1S/C22H24N6O4/c29-20(15-28-21(30)17-3-1-2-4-18(17)22(28)31)27-7-5-26(6-8-27)19-13-16(14-23-24-19)25-9-11-32-12-10-25/h1-4,13-14H,5-12,15H2. The van der Waals surface area contributed by atoms with Crippen LogP contribution in [0.5, 0.6) is 0 Å². The minimum atomic E-state index is -0.409. The normalized spacial score (nSPS) is 18.9. The maximum atomic E-state index is 12.8. The van der Waals surface area contributed by atoms with Crippen LogP contribution in [0.15, 0.2) is 36.5 Å². The van der Waals surface area contributed by atoms with Gasteiger partial charge >= 0.3 is 0 Å².